The monoisotopic (exact) mass is 482 g/mol. The van der Waals surface area contributed by atoms with Gasteiger partial charge in [-0.25, -0.2) is 13.2 Å². The van der Waals surface area contributed by atoms with Crippen LogP contribution in [0.5, 0.6) is 5.75 Å². The molecule has 4 rings (SSSR count). The highest BCUT2D eigenvalue weighted by atomic mass is 35.5. The lowest BCUT2D eigenvalue weighted by atomic mass is 10.1. The molecule has 12 heteroatoms. The minimum Gasteiger partial charge on any atom is -0.502 e. The number of hydrogen-bond donors (Lipinski definition) is 2. The van der Waals surface area contributed by atoms with Crippen molar-refractivity contribution >= 4 is 23.4 Å². The summed E-state index contributed by atoms with van der Waals surface area (Å²) in [6, 6.07) is -0.172. The molecule has 0 radical (unpaired) electrons. The molecule has 2 aliphatic rings. The van der Waals surface area contributed by atoms with E-state index in [-0.39, 0.29) is 24.4 Å². The van der Waals surface area contributed by atoms with Gasteiger partial charge in [-0.2, -0.15) is 0 Å². The Balaban J connectivity index is 1.71. The van der Waals surface area contributed by atoms with Gasteiger partial charge in [-0.15, -0.1) is 0 Å². The van der Waals surface area contributed by atoms with Crippen molar-refractivity contribution in [2.24, 2.45) is 0 Å². The molecule has 0 saturated heterocycles. The molecule has 2 bridgehead atoms. The number of benzene rings is 1. The molecule has 2 aromatic rings. The highest BCUT2D eigenvalue weighted by Crippen LogP contribution is 2.27. The Morgan fingerprint density at radius 3 is 2.55 bits per heavy atom. The Morgan fingerprint density at radius 1 is 1.18 bits per heavy atom. The topological polar surface area (TPSA) is 94.9 Å². The van der Waals surface area contributed by atoms with Crippen LogP contribution >= 0.6 is 11.6 Å². The Bertz CT molecular complexity index is 1280. The number of aromatic hydroxyl groups is 1. The molecule has 8 nitrogen and oxygen atoms in total. The van der Waals surface area contributed by atoms with Crippen LogP contribution in [0.4, 0.5) is 13.2 Å². The first kappa shape index (κ1) is 22.7. The normalized spacial score (nSPS) is 19.4. The number of carbonyl (C=O) groups excluding carboxylic acids is 2. The van der Waals surface area contributed by atoms with Crippen molar-refractivity contribution in [1.82, 2.24) is 14.9 Å². The fraction of sp³-hybridized carbons (Fsp3) is 0.286. The van der Waals surface area contributed by atoms with Gasteiger partial charge in [-0.3, -0.25) is 24.1 Å². The van der Waals surface area contributed by atoms with Gasteiger partial charge in [0.25, 0.3) is 11.8 Å². The second kappa shape index (κ2) is 8.14. The van der Waals surface area contributed by atoms with Gasteiger partial charge in [0.1, 0.15) is 28.9 Å². The van der Waals surface area contributed by atoms with E-state index in [0.717, 1.165) is 6.20 Å². The molecule has 33 heavy (non-hydrogen) atoms. The summed E-state index contributed by atoms with van der Waals surface area (Å²) < 4.78 is 42.7. The lowest BCUT2D eigenvalue weighted by molar-refractivity contribution is 0.0652. The van der Waals surface area contributed by atoms with Crippen LogP contribution in [0.15, 0.2) is 29.2 Å². The molecule has 2 amide bonds. The molecule has 1 aromatic heterocycles. The number of fused-ring (bicyclic) bond motifs is 4. The van der Waals surface area contributed by atoms with Crippen LogP contribution in [0.2, 0.25) is 5.02 Å². The highest BCUT2D eigenvalue weighted by Gasteiger charge is 2.38. The van der Waals surface area contributed by atoms with Crippen LogP contribution < -0.4 is 15.8 Å². The molecule has 0 aliphatic carbocycles. The molecular formula is C21H18ClF3N4O4. The second-order valence-corrected chi connectivity index (χ2v) is 8.14. The zero-order valence-electron chi connectivity index (χ0n) is 17.4. The third-order valence-corrected chi connectivity index (χ3v) is 6.06. The van der Waals surface area contributed by atoms with E-state index >= 15 is 0 Å². The van der Waals surface area contributed by atoms with E-state index < -0.39 is 63.1 Å². The van der Waals surface area contributed by atoms with Crippen LogP contribution in [-0.2, 0) is 6.54 Å². The largest absolute Gasteiger partial charge is 0.502 e. The SMILES string of the molecule is CC1C=CC(C)N2CN1C(=O)c1c(O)c(=O)c(C(=O)NCc3c(F)cc(F)c(Cl)c3F)cn12. The molecule has 2 atom stereocenters. The number of carbonyl (C=O) groups is 2. The molecule has 2 unspecified atom stereocenters. The molecule has 2 N–H and O–H groups in total. The molecular weight excluding hydrogens is 465 g/mol. The summed E-state index contributed by atoms with van der Waals surface area (Å²) in [5.74, 6) is -6.54. The summed E-state index contributed by atoms with van der Waals surface area (Å²) in [4.78, 5) is 39.8. The average molecular weight is 483 g/mol. The number of nitrogens with zero attached hydrogens (tertiary/aromatic N) is 3. The Morgan fingerprint density at radius 2 is 1.85 bits per heavy atom. The Hall–Kier alpha value is -3.47. The molecule has 3 heterocycles. The van der Waals surface area contributed by atoms with Crippen molar-refractivity contribution in [3.63, 3.8) is 0 Å². The zero-order valence-corrected chi connectivity index (χ0v) is 18.2. The smallest absolute Gasteiger partial charge is 0.278 e. The maximum absolute atomic E-state index is 14.1. The quantitative estimate of drug-likeness (QED) is 0.397. The van der Waals surface area contributed by atoms with Gasteiger partial charge < -0.3 is 15.3 Å². The number of hydrogen-bond acceptors (Lipinski definition) is 5. The van der Waals surface area contributed by atoms with Crippen molar-refractivity contribution in [1.29, 1.82) is 0 Å². The molecule has 0 fully saturated rings. The molecule has 0 saturated carbocycles. The summed E-state index contributed by atoms with van der Waals surface area (Å²) in [5, 5.41) is 13.4. The van der Waals surface area contributed by atoms with E-state index in [1.807, 2.05) is 19.1 Å². The summed E-state index contributed by atoms with van der Waals surface area (Å²) in [5.41, 5.74) is -2.68. The summed E-state index contributed by atoms with van der Waals surface area (Å²) >= 11 is 5.45. The Kier molecular flexibility index (Phi) is 5.61. The first-order chi connectivity index (χ1) is 15.5. The van der Waals surface area contributed by atoms with Gasteiger partial charge in [0, 0.05) is 30.4 Å². The van der Waals surface area contributed by atoms with Crippen LogP contribution in [0.3, 0.4) is 0 Å². The summed E-state index contributed by atoms with van der Waals surface area (Å²) in [6.45, 7) is 3.00. The summed E-state index contributed by atoms with van der Waals surface area (Å²) in [6.07, 6.45) is 4.74. The fourth-order valence-electron chi connectivity index (χ4n) is 3.77. The predicted octanol–water partition coefficient (Wildman–Crippen LogP) is 2.25. The molecule has 1 aromatic carbocycles. The first-order valence-electron chi connectivity index (χ1n) is 9.87. The average Bonchev–Trinajstić information content (AvgIpc) is 2.90. The van der Waals surface area contributed by atoms with Crippen molar-refractivity contribution in [3.8, 4) is 5.75 Å². The zero-order chi connectivity index (χ0) is 24.2. The molecule has 174 valence electrons. The lowest BCUT2D eigenvalue weighted by Crippen LogP contribution is -2.57. The number of nitrogens with one attached hydrogen (secondary N) is 1. The van der Waals surface area contributed by atoms with Crippen molar-refractivity contribution in [2.45, 2.75) is 32.5 Å². The highest BCUT2D eigenvalue weighted by molar-refractivity contribution is 6.31. The number of rotatable bonds is 3. The van der Waals surface area contributed by atoms with E-state index in [4.69, 9.17) is 11.6 Å². The minimum atomic E-state index is -1.38. The van der Waals surface area contributed by atoms with Gasteiger partial charge in [0.2, 0.25) is 5.43 Å². The van der Waals surface area contributed by atoms with E-state index in [1.165, 1.54) is 9.58 Å². The van der Waals surface area contributed by atoms with Crippen LogP contribution in [0, 0.1) is 17.5 Å². The predicted molar refractivity (Wildman–Crippen MR) is 112 cm³/mol. The number of amides is 2. The van der Waals surface area contributed by atoms with Crippen LogP contribution in [-0.4, -0.2) is 45.2 Å². The number of halogens is 4. The van der Waals surface area contributed by atoms with E-state index in [0.29, 0.717) is 6.07 Å². The third kappa shape index (κ3) is 3.62. The van der Waals surface area contributed by atoms with Crippen molar-refractivity contribution < 1.29 is 27.9 Å². The number of aromatic nitrogens is 1. The van der Waals surface area contributed by atoms with Crippen LogP contribution in [0.25, 0.3) is 0 Å². The van der Waals surface area contributed by atoms with Gasteiger partial charge in [0.05, 0.1) is 6.04 Å². The standard InChI is InChI=1S/C21H18ClF3N4O4/c1-9-3-4-10(2)29-8-27(9)21(33)17-19(31)18(30)12(7-28(17)29)20(32)26-6-11-13(23)5-14(24)15(22)16(11)25/h3-5,7,9-10,31H,6,8H2,1-2H3,(H,26,32). The van der Waals surface area contributed by atoms with Gasteiger partial charge in [-0.05, 0) is 13.8 Å². The van der Waals surface area contributed by atoms with E-state index in [9.17, 15) is 32.7 Å². The second-order valence-electron chi connectivity index (χ2n) is 7.77. The van der Waals surface area contributed by atoms with E-state index in [2.05, 4.69) is 5.32 Å². The fourth-order valence-corrected chi connectivity index (χ4v) is 3.94. The third-order valence-electron chi connectivity index (χ3n) is 5.71. The maximum atomic E-state index is 14.1. The summed E-state index contributed by atoms with van der Waals surface area (Å²) in [7, 11) is 0. The molecule has 0 spiro atoms. The first-order valence-corrected chi connectivity index (χ1v) is 10.3. The lowest BCUT2D eigenvalue weighted by Gasteiger charge is -2.41. The number of pyridine rings is 1. The van der Waals surface area contributed by atoms with Gasteiger partial charge in [0.15, 0.2) is 17.3 Å². The minimum absolute atomic E-state index is 0.134. The Labute approximate surface area is 190 Å². The molecule has 2 aliphatic heterocycles. The van der Waals surface area contributed by atoms with Gasteiger partial charge in [-0.1, -0.05) is 23.8 Å². The maximum Gasteiger partial charge on any atom is 0.278 e. The van der Waals surface area contributed by atoms with Crippen molar-refractivity contribution in [2.75, 3.05) is 11.7 Å². The van der Waals surface area contributed by atoms with E-state index in [1.54, 1.807) is 11.9 Å². The van der Waals surface area contributed by atoms with Gasteiger partial charge >= 0.3 is 0 Å². The van der Waals surface area contributed by atoms with Crippen LogP contribution in [0.1, 0.15) is 40.3 Å². The van der Waals surface area contributed by atoms with Crippen molar-refractivity contribution in [3.05, 3.63) is 73.9 Å².